The van der Waals surface area contributed by atoms with E-state index in [-0.39, 0.29) is 0 Å². The Labute approximate surface area is 155 Å². The molecule has 0 unspecified atom stereocenters. The Morgan fingerprint density at radius 3 is 2.42 bits per heavy atom. The Hall–Kier alpha value is -2.02. The molecule has 1 aromatic heterocycles. The van der Waals surface area contributed by atoms with Gasteiger partial charge in [0.2, 0.25) is 5.95 Å². The van der Waals surface area contributed by atoms with Crippen molar-refractivity contribution in [1.29, 1.82) is 0 Å². The minimum atomic E-state index is 0.546. The summed E-state index contributed by atoms with van der Waals surface area (Å²) >= 11 is 0. The van der Waals surface area contributed by atoms with Gasteiger partial charge in [0.05, 0.1) is 13.2 Å². The fourth-order valence-corrected chi connectivity index (χ4v) is 3.89. The summed E-state index contributed by atoms with van der Waals surface area (Å²) < 4.78 is 5.46. The molecule has 3 heterocycles. The van der Waals surface area contributed by atoms with E-state index in [1.54, 1.807) is 0 Å². The smallest absolute Gasteiger partial charge is 0.225 e. The Kier molecular flexibility index (Phi) is 5.43. The summed E-state index contributed by atoms with van der Waals surface area (Å²) in [5.74, 6) is 0.837. The van der Waals surface area contributed by atoms with Crippen LogP contribution < -0.4 is 10.6 Å². The summed E-state index contributed by atoms with van der Waals surface area (Å²) in [5, 5.41) is 0. The zero-order valence-electron chi connectivity index (χ0n) is 15.2. The van der Waals surface area contributed by atoms with Gasteiger partial charge in [-0.05, 0) is 30.0 Å². The number of anilines is 1. The second-order valence-electron chi connectivity index (χ2n) is 7.04. The number of hydrogen-bond donors (Lipinski definition) is 1. The van der Waals surface area contributed by atoms with Gasteiger partial charge >= 0.3 is 0 Å². The number of benzene rings is 1. The Bertz CT molecular complexity index is 706. The summed E-state index contributed by atoms with van der Waals surface area (Å²) in [6, 6.07) is 8.92. The van der Waals surface area contributed by atoms with E-state index in [1.807, 2.05) is 24.5 Å². The van der Waals surface area contributed by atoms with Crippen molar-refractivity contribution in [3.63, 3.8) is 0 Å². The van der Waals surface area contributed by atoms with Crippen molar-refractivity contribution in [1.82, 2.24) is 14.9 Å². The van der Waals surface area contributed by atoms with Gasteiger partial charge in [-0.3, -0.25) is 4.90 Å². The molecule has 0 saturated carbocycles. The molecule has 0 atom stereocenters. The predicted octanol–water partition coefficient (Wildman–Crippen LogP) is 1.90. The molecule has 0 aliphatic carbocycles. The van der Waals surface area contributed by atoms with Gasteiger partial charge in [0.15, 0.2) is 0 Å². The first-order valence-corrected chi connectivity index (χ1v) is 9.51. The third-order valence-electron chi connectivity index (χ3n) is 5.44. The standard InChI is InChI=1S/C20H27N5O/c21-13-16-2-1-3-17(12-16)18-14-22-20(23-15-18)25-6-4-19(5-7-25)24-8-10-26-11-9-24/h1-3,12,14-15,19H,4-11,13,21H2. The third-order valence-corrected chi connectivity index (χ3v) is 5.44. The molecule has 4 rings (SSSR count). The summed E-state index contributed by atoms with van der Waals surface area (Å²) in [6.45, 7) is 6.46. The van der Waals surface area contributed by atoms with E-state index < -0.39 is 0 Å². The number of piperidine rings is 1. The van der Waals surface area contributed by atoms with E-state index in [1.165, 1.54) is 12.8 Å². The molecule has 2 aromatic rings. The number of rotatable bonds is 4. The summed E-state index contributed by atoms with van der Waals surface area (Å²) in [7, 11) is 0. The normalized spacial score (nSPS) is 19.7. The molecular weight excluding hydrogens is 326 g/mol. The van der Waals surface area contributed by atoms with Crippen LogP contribution in [0.2, 0.25) is 0 Å². The van der Waals surface area contributed by atoms with Crippen LogP contribution in [0, 0.1) is 0 Å². The highest BCUT2D eigenvalue weighted by Crippen LogP contribution is 2.23. The minimum Gasteiger partial charge on any atom is -0.379 e. The van der Waals surface area contributed by atoms with Crippen LogP contribution in [-0.2, 0) is 11.3 Å². The second-order valence-corrected chi connectivity index (χ2v) is 7.04. The van der Waals surface area contributed by atoms with Gasteiger partial charge in [-0.15, -0.1) is 0 Å². The van der Waals surface area contributed by atoms with E-state index in [4.69, 9.17) is 10.5 Å². The Morgan fingerprint density at radius 2 is 1.73 bits per heavy atom. The van der Waals surface area contributed by atoms with Gasteiger partial charge < -0.3 is 15.4 Å². The first-order chi connectivity index (χ1) is 12.8. The zero-order chi connectivity index (χ0) is 17.8. The van der Waals surface area contributed by atoms with E-state index in [0.29, 0.717) is 12.6 Å². The van der Waals surface area contributed by atoms with Crippen LogP contribution in [0.1, 0.15) is 18.4 Å². The van der Waals surface area contributed by atoms with E-state index in [9.17, 15) is 0 Å². The van der Waals surface area contributed by atoms with Gasteiger partial charge in [-0.1, -0.05) is 18.2 Å². The molecular formula is C20H27N5O. The average molecular weight is 353 g/mol. The van der Waals surface area contributed by atoms with Crippen molar-refractivity contribution >= 4 is 5.95 Å². The first kappa shape index (κ1) is 17.4. The number of nitrogens with two attached hydrogens (primary N) is 1. The maximum atomic E-state index is 5.74. The summed E-state index contributed by atoms with van der Waals surface area (Å²) in [6.07, 6.45) is 6.19. The largest absolute Gasteiger partial charge is 0.379 e. The second kappa shape index (κ2) is 8.12. The SMILES string of the molecule is NCc1cccc(-c2cnc(N3CCC(N4CCOCC4)CC3)nc2)c1. The summed E-state index contributed by atoms with van der Waals surface area (Å²) in [5.41, 5.74) is 9.01. The maximum Gasteiger partial charge on any atom is 0.225 e. The third kappa shape index (κ3) is 3.87. The van der Waals surface area contributed by atoms with Crippen LogP contribution in [0.3, 0.4) is 0 Å². The van der Waals surface area contributed by atoms with E-state index >= 15 is 0 Å². The molecule has 6 heteroatoms. The van der Waals surface area contributed by atoms with Crippen molar-refractivity contribution in [2.24, 2.45) is 5.73 Å². The lowest BCUT2D eigenvalue weighted by molar-refractivity contribution is 0.0114. The fraction of sp³-hybridized carbons (Fsp3) is 0.500. The number of morpholine rings is 1. The van der Waals surface area contributed by atoms with Crippen LogP contribution in [-0.4, -0.2) is 60.3 Å². The highest BCUT2D eigenvalue weighted by Gasteiger charge is 2.26. The number of aromatic nitrogens is 2. The Balaban J connectivity index is 1.38. The summed E-state index contributed by atoms with van der Waals surface area (Å²) in [4.78, 5) is 14.1. The van der Waals surface area contributed by atoms with Crippen LogP contribution in [0.25, 0.3) is 11.1 Å². The number of nitrogens with zero attached hydrogens (tertiary/aromatic N) is 4. The quantitative estimate of drug-likeness (QED) is 0.906. The van der Waals surface area contributed by atoms with Crippen LogP contribution in [0.4, 0.5) is 5.95 Å². The van der Waals surface area contributed by atoms with Crippen LogP contribution in [0.15, 0.2) is 36.7 Å². The minimum absolute atomic E-state index is 0.546. The molecule has 2 N–H and O–H groups in total. The van der Waals surface area contributed by atoms with Crippen molar-refractivity contribution in [3.05, 3.63) is 42.2 Å². The van der Waals surface area contributed by atoms with Crippen molar-refractivity contribution in [2.45, 2.75) is 25.4 Å². The highest BCUT2D eigenvalue weighted by atomic mass is 16.5. The van der Waals surface area contributed by atoms with Gasteiger partial charge in [0, 0.05) is 56.7 Å². The molecule has 138 valence electrons. The van der Waals surface area contributed by atoms with Crippen molar-refractivity contribution < 1.29 is 4.74 Å². The van der Waals surface area contributed by atoms with Gasteiger partial charge in [0.25, 0.3) is 0 Å². The molecule has 2 aliphatic heterocycles. The van der Waals surface area contributed by atoms with E-state index in [2.05, 4.69) is 31.9 Å². The lowest BCUT2D eigenvalue weighted by Gasteiger charge is -2.40. The lowest BCUT2D eigenvalue weighted by Crippen LogP contribution is -2.49. The molecule has 26 heavy (non-hydrogen) atoms. The molecule has 0 amide bonds. The van der Waals surface area contributed by atoms with Gasteiger partial charge in [0.1, 0.15) is 0 Å². The average Bonchev–Trinajstić information content (AvgIpc) is 2.75. The van der Waals surface area contributed by atoms with Crippen molar-refractivity contribution in [2.75, 3.05) is 44.3 Å². The molecule has 2 fully saturated rings. The van der Waals surface area contributed by atoms with Gasteiger partial charge in [-0.25, -0.2) is 9.97 Å². The molecule has 0 radical (unpaired) electrons. The fourth-order valence-electron chi connectivity index (χ4n) is 3.89. The molecule has 2 saturated heterocycles. The number of hydrogen-bond acceptors (Lipinski definition) is 6. The monoisotopic (exact) mass is 353 g/mol. The molecule has 6 nitrogen and oxygen atoms in total. The van der Waals surface area contributed by atoms with Crippen LogP contribution >= 0.6 is 0 Å². The predicted molar refractivity (Wildman–Crippen MR) is 103 cm³/mol. The topological polar surface area (TPSA) is 67.5 Å². The number of ether oxygens (including phenoxy) is 1. The molecule has 0 spiro atoms. The molecule has 1 aromatic carbocycles. The maximum absolute atomic E-state index is 5.74. The Morgan fingerprint density at radius 1 is 1.00 bits per heavy atom. The molecule has 0 bridgehead atoms. The first-order valence-electron chi connectivity index (χ1n) is 9.51. The van der Waals surface area contributed by atoms with Gasteiger partial charge in [-0.2, -0.15) is 0 Å². The molecule has 2 aliphatic rings. The lowest BCUT2D eigenvalue weighted by atomic mass is 10.0. The highest BCUT2D eigenvalue weighted by molar-refractivity contribution is 5.62. The van der Waals surface area contributed by atoms with Crippen molar-refractivity contribution in [3.8, 4) is 11.1 Å². The zero-order valence-corrected chi connectivity index (χ0v) is 15.2. The van der Waals surface area contributed by atoms with E-state index in [0.717, 1.165) is 62.0 Å². The van der Waals surface area contributed by atoms with Crippen LogP contribution in [0.5, 0.6) is 0 Å².